The van der Waals surface area contributed by atoms with E-state index in [-0.39, 0.29) is 11.5 Å². The summed E-state index contributed by atoms with van der Waals surface area (Å²) in [7, 11) is 1.69. The number of amides is 1. The van der Waals surface area contributed by atoms with Crippen LogP contribution in [0.2, 0.25) is 0 Å². The number of aromatic nitrogens is 3. The average Bonchev–Trinajstić information content (AvgIpc) is 2.89. The fourth-order valence-electron chi connectivity index (χ4n) is 2.59. The van der Waals surface area contributed by atoms with Crippen molar-refractivity contribution in [3.05, 3.63) is 45.6 Å². The summed E-state index contributed by atoms with van der Waals surface area (Å²) in [6.07, 6.45) is -0.775. The second-order valence-electron chi connectivity index (χ2n) is 6.15. The molecule has 0 radical (unpaired) electrons. The third-order valence-corrected chi connectivity index (χ3v) is 4.21. The normalized spacial score (nSPS) is 12.2. The number of carbonyl (C=O) groups excluding carboxylic acids is 1. The monoisotopic (exact) mass is 356 g/mol. The Kier molecular flexibility index (Phi) is 4.50. The van der Waals surface area contributed by atoms with Gasteiger partial charge in [0.05, 0.1) is 0 Å². The highest BCUT2D eigenvalue weighted by Crippen LogP contribution is 2.24. The standard InChI is InChI=1S/C18H20N4O4/c1-9-10(2)17(24)26-15-8-13(6-7-14(9)15)25-11(3)16(23)20-18-19-12(4)21-22(18)5/h6-8,11H,1-5H3,(H,19,20,21,23). The van der Waals surface area contributed by atoms with Gasteiger partial charge in [-0.2, -0.15) is 10.1 Å². The molecule has 136 valence electrons. The van der Waals surface area contributed by atoms with Crippen LogP contribution in [0.25, 0.3) is 11.0 Å². The first kappa shape index (κ1) is 17.7. The van der Waals surface area contributed by atoms with Crippen molar-refractivity contribution in [3.8, 4) is 5.75 Å². The predicted octanol–water partition coefficient (Wildman–Crippen LogP) is 2.25. The SMILES string of the molecule is Cc1nc(NC(=O)C(C)Oc2ccc3c(C)c(C)c(=O)oc3c2)n(C)n1. The lowest BCUT2D eigenvalue weighted by molar-refractivity contribution is -0.122. The molecule has 3 rings (SSSR count). The molecular formula is C18H20N4O4. The molecule has 3 aromatic rings. The molecule has 0 bridgehead atoms. The third-order valence-electron chi connectivity index (χ3n) is 4.21. The van der Waals surface area contributed by atoms with Gasteiger partial charge < -0.3 is 9.15 Å². The highest BCUT2D eigenvalue weighted by atomic mass is 16.5. The number of rotatable bonds is 4. The zero-order valence-electron chi connectivity index (χ0n) is 15.3. The van der Waals surface area contributed by atoms with E-state index < -0.39 is 6.10 Å². The molecule has 8 nitrogen and oxygen atoms in total. The van der Waals surface area contributed by atoms with Crippen molar-refractivity contribution < 1.29 is 13.9 Å². The number of aryl methyl sites for hydroxylation is 3. The van der Waals surface area contributed by atoms with Gasteiger partial charge in [-0.1, -0.05) is 0 Å². The van der Waals surface area contributed by atoms with Crippen LogP contribution in [0.5, 0.6) is 5.75 Å². The van der Waals surface area contributed by atoms with Gasteiger partial charge in [0.15, 0.2) is 6.10 Å². The molecule has 0 spiro atoms. The molecule has 0 saturated heterocycles. The summed E-state index contributed by atoms with van der Waals surface area (Å²) in [5.41, 5.74) is 1.49. The molecule has 1 atom stereocenters. The molecule has 2 heterocycles. The van der Waals surface area contributed by atoms with Crippen molar-refractivity contribution in [3.63, 3.8) is 0 Å². The first-order valence-corrected chi connectivity index (χ1v) is 8.15. The molecule has 0 saturated carbocycles. The summed E-state index contributed by atoms with van der Waals surface area (Å²) >= 11 is 0. The molecule has 0 aliphatic rings. The Morgan fingerprint density at radius 2 is 2.00 bits per heavy atom. The smallest absolute Gasteiger partial charge is 0.339 e. The summed E-state index contributed by atoms with van der Waals surface area (Å²) < 4.78 is 12.5. The number of hydrogen-bond donors (Lipinski definition) is 1. The number of carbonyl (C=O) groups is 1. The van der Waals surface area contributed by atoms with Gasteiger partial charge in [-0.25, -0.2) is 9.48 Å². The maximum Gasteiger partial charge on any atom is 0.339 e. The Bertz CT molecular complexity index is 1050. The van der Waals surface area contributed by atoms with Crippen molar-refractivity contribution in [1.82, 2.24) is 14.8 Å². The minimum absolute atomic E-state index is 0.346. The van der Waals surface area contributed by atoms with E-state index in [0.717, 1.165) is 10.9 Å². The molecule has 26 heavy (non-hydrogen) atoms. The molecule has 0 fully saturated rings. The first-order valence-electron chi connectivity index (χ1n) is 8.15. The Morgan fingerprint density at radius 3 is 2.65 bits per heavy atom. The number of nitrogens with zero attached hydrogens (tertiary/aromatic N) is 3. The minimum Gasteiger partial charge on any atom is -0.481 e. The van der Waals surface area contributed by atoms with Gasteiger partial charge in [0.2, 0.25) is 5.95 Å². The molecule has 1 N–H and O–H groups in total. The molecule has 2 aromatic heterocycles. The first-order chi connectivity index (χ1) is 12.3. The lowest BCUT2D eigenvalue weighted by atomic mass is 10.1. The molecule has 1 unspecified atom stereocenters. The number of nitrogens with one attached hydrogen (secondary N) is 1. The maximum absolute atomic E-state index is 12.3. The number of anilines is 1. The predicted molar refractivity (Wildman–Crippen MR) is 96.4 cm³/mol. The molecule has 1 aromatic carbocycles. The van der Waals surface area contributed by atoms with Gasteiger partial charge in [0.1, 0.15) is 17.2 Å². The highest BCUT2D eigenvalue weighted by molar-refractivity contribution is 5.92. The van der Waals surface area contributed by atoms with Crippen LogP contribution in [0.15, 0.2) is 27.4 Å². The Hall–Kier alpha value is -3.16. The lowest BCUT2D eigenvalue weighted by Crippen LogP contribution is -2.31. The second kappa shape index (κ2) is 6.62. The summed E-state index contributed by atoms with van der Waals surface area (Å²) in [5, 5.41) is 7.57. The third kappa shape index (κ3) is 3.30. The number of ether oxygens (including phenoxy) is 1. The Morgan fingerprint density at radius 1 is 1.27 bits per heavy atom. The van der Waals surface area contributed by atoms with E-state index in [1.807, 2.05) is 13.0 Å². The van der Waals surface area contributed by atoms with Gasteiger partial charge in [0, 0.05) is 24.1 Å². The van der Waals surface area contributed by atoms with Crippen LogP contribution in [0.1, 0.15) is 23.9 Å². The zero-order valence-corrected chi connectivity index (χ0v) is 15.3. The van der Waals surface area contributed by atoms with Crippen LogP contribution in [0.4, 0.5) is 5.95 Å². The van der Waals surface area contributed by atoms with Crippen LogP contribution in [-0.4, -0.2) is 26.8 Å². The van der Waals surface area contributed by atoms with E-state index in [2.05, 4.69) is 15.4 Å². The second-order valence-corrected chi connectivity index (χ2v) is 6.15. The van der Waals surface area contributed by atoms with E-state index >= 15 is 0 Å². The van der Waals surface area contributed by atoms with Crippen LogP contribution >= 0.6 is 0 Å². The van der Waals surface area contributed by atoms with Crippen molar-refractivity contribution in [1.29, 1.82) is 0 Å². The number of benzene rings is 1. The van der Waals surface area contributed by atoms with E-state index in [9.17, 15) is 9.59 Å². The van der Waals surface area contributed by atoms with E-state index in [1.165, 1.54) is 4.68 Å². The van der Waals surface area contributed by atoms with E-state index in [4.69, 9.17) is 9.15 Å². The molecule has 8 heteroatoms. The topological polar surface area (TPSA) is 99.2 Å². The maximum atomic E-state index is 12.3. The molecule has 1 amide bonds. The Balaban J connectivity index is 1.79. The zero-order chi connectivity index (χ0) is 19.0. The van der Waals surface area contributed by atoms with Crippen LogP contribution < -0.4 is 15.7 Å². The van der Waals surface area contributed by atoms with Gasteiger partial charge in [-0.15, -0.1) is 0 Å². The van der Waals surface area contributed by atoms with E-state index in [1.54, 1.807) is 40.0 Å². The fourth-order valence-corrected chi connectivity index (χ4v) is 2.59. The summed E-state index contributed by atoms with van der Waals surface area (Å²) in [6, 6.07) is 5.16. The van der Waals surface area contributed by atoms with Crippen molar-refractivity contribution in [2.24, 2.45) is 7.05 Å². The molecular weight excluding hydrogens is 336 g/mol. The number of fused-ring (bicyclic) bond motifs is 1. The van der Waals surface area contributed by atoms with Gasteiger partial charge in [0.25, 0.3) is 5.91 Å². The van der Waals surface area contributed by atoms with E-state index in [0.29, 0.717) is 28.7 Å². The average molecular weight is 356 g/mol. The highest BCUT2D eigenvalue weighted by Gasteiger charge is 2.18. The largest absolute Gasteiger partial charge is 0.481 e. The number of hydrogen-bond acceptors (Lipinski definition) is 6. The lowest BCUT2D eigenvalue weighted by Gasteiger charge is -2.14. The van der Waals surface area contributed by atoms with Gasteiger partial charge >= 0.3 is 5.63 Å². The minimum atomic E-state index is -0.775. The van der Waals surface area contributed by atoms with Gasteiger partial charge in [-0.05, 0) is 45.4 Å². The van der Waals surface area contributed by atoms with Crippen LogP contribution in [0, 0.1) is 20.8 Å². The van der Waals surface area contributed by atoms with Crippen molar-refractivity contribution in [2.75, 3.05) is 5.32 Å². The fraction of sp³-hybridized carbons (Fsp3) is 0.333. The van der Waals surface area contributed by atoms with Crippen molar-refractivity contribution in [2.45, 2.75) is 33.8 Å². The summed E-state index contributed by atoms with van der Waals surface area (Å²) in [4.78, 5) is 28.3. The summed E-state index contributed by atoms with van der Waals surface area (Å²) in [5.74, 6) is 0.980. The molecule has 0 aliphatic heterocycles. The van der Waals surface area contributed by atoms with Crippen LogP contribution in [0.3, 0.4) is 0 Å². The summed E-state index contributed by atoms with van der Waals surface area (Å²) in [6.45, 7) is 6.96. The van der Waals surface area contributed by atoms with Crippen LogP contribution in [-0.2, 0) is 11.8 Å². The van der Waals surface area contributed by atoms with Gasteiger partial charge in [-0.3, -0.25) is 10.1 Å². The van der Waals surface area contributed by atoms with Crippen molar-refractivity contribution >= 4 is 22.8 Å². The Labute approximate surface area is 149 Å². The quantitative estimate of drug-likeness (QED) is 0.720. The molecule has 0 aliphatic carbocycles.